The van der Waals surface area contributed by atoms with E-state index in [9.17, 15) is 18.9 Å². The van der Waals surface area contributed by atoms with Crippen molar-refractivity contribution in [3.8, 4) is 17.2 Å². The third kappa shape index (κ3) is 4.00. The highest BCUT2D eigenvalue weighted by Crippen LogP contribution is 2.34. The van der Waals surface area contributed by atoms with Crippen LogP contribution < -0.4 is 14.2 Å². The average Bonchev–Trinajstić information content (AvgIpc) is 2.60. The number of nitro groups is 1. The molecule has 1 aliphatic heterocycles. The van der Waals surface area contributed by atoms with Gasteiger partial charge in [-0.25, -0.2) is 0 Å². The Labute approximate surface area is 140 Å². The number of nitrogens with zero attached hydrogens (tertiary/aromatic N) is 2. The van der Waals surface area contributed by atoms with E-state index >= 15 is 0 Å². The Morgan fingerprint density at radius 1 is 1.16 bits per heavy atom. The second-order valence-corrected chi connectivity index (χ2v) is 4.94. The maximum Gasteiger partial charge on any atom is 0.387 e. The minimum Gasteiger partial charge on any atom is -0.486 e. The Morgan fingerprint density at radius 2 is 1.92 bits per heavy atom. The number of non-ortho nitro benzene ring substituents is 1. The lowest BCUT2D eigenvalue weighted by molar-refractivity contribution is -0.384. The van der Waals surface area contributed by atoms with Gasteiger partial charge in [-0.05, 0) is 18.2 Å². The molecule has 1 heterocycles. The van der Waals surface area contributed by atoms with E-state index in [1.165, 1.54) is 6.21 Å². The lowest BCUT2D eigenvalue weighted by atomic mass is 10.2. The lowest BCUT2D eigenvalue weighted by Gasteiger charge is -2.18. The molecule has 0 amide bonds. The Hall–Kier alpha value is -3.23. The Morgan fingerprint density at radius 3 is 2.64 bits per heavy atom. The zero-order valence-electron chi connectivity index (χ0n) is 12.7. The summed E-state index contributed by atoms with van der Waals surface area (Å²) in [5.74, 6) is 0.896. The molecule has 0 aromatic heterocycles. The Kier molecular flexibility index (Phi) is 4.73. The summed E-state index contributed by atoms with van der Waals surface area (Å²) in [5, 5.41) is 10.9. The van der Waals surface area contributed by atoms with Crippen LogP contribution in [0.4, 0.5) is 20.2 Å². The third-order valence-electron chi connectivity index (χ3n) is 3.30. The molecule has 0 N–H and O–H groups in total. The molecule has 0 bridgehead atoms. The number of hydrogen-bond donors (Lipinski definition) is 0. The van der Waals surface area contributed by atoms with Gasteiger partial charge in [0.1, 0.15) is 19.0 Å². The predicted molar refractivity (Wildman–Crippen MR) is 84.4 cm³/mol. The molecule has 0 radical (unpaired) electrons. The van der Waals surface area contributed by atoms with Gasteiger partial charge in [-0.1, -0.05) is 0 Å². The normalized spacial score (nSPS) is 13.2. The molecule has 7 nitrogen and oxygen atoms in total. The molecule has 2 aromatic carbocycles. The highest BCUT2D eigenvalue weighted by atomic mass is 19.3. The van der Waals surface area contributed by atoms with Gasteiger partial charge < -0.3 is 14.2 Å². The van der Waals surface area contributed by atoms with Crippen molar-refractivity contribution in [2.45, 2.75) is 6.61 Å². The van der Waals surface area contributed by atoms with Crippen LogP contribution in [0.3, 0.4) is 0 Å². The van der Waals surface area contributed by atoms with E-state index < -0.39 is 11.5 Å². The van der Waals surface area contributed by atoms with Crippen LogP contribution >= 0.6 is 0 Å². The van der Waals surface area contributed by atoms with Crippen molar-refractivity contribution < 1.29 is 27.9 Å². The van der Waals surface area contributed by atoms with Crippen LogP contribution in [-0.2, 0) is 0 Å². The van der Waals surface area contributed by atoms with Crippen LogP contribution in [-0.4, -0.2) is 31.0 Å². The summed E-state index contributed by atoms with van der Waals surface area (Å²) >= 11 is 0. The first-order chi connectivity index (χ1) is 12.0. The maximum atomic E-state index is 12.5. The molecule has 0 atom stereocenters. The number of rotatable bonds is 5. The zero-order chi connectivity index (χ0) is 17.8. The van der Waals surface area contributed by atoms with Gasteiger partial charge in [0, 0.05) is 30.0 Å². The summed E-state index contributed by atoms with van der Waals surface area (Å²) in [6.07, 6.45) is 1.22. The van der Waals surface area contributed by atoms with E-state index in [0.717, 1.165) is 18.2 Å². The highest BCUT2D eigenvalue weighted by Gasteiger charge is 2.14. The highest BCUT2D eigenvalue weighted by molar-refractivity contribution is 5.86. The summed E-state index contributed by atoms with van der Waals surface area (Å²) in [5.41, 5.74) is 0.272. The van der Waals surface area contributed by atoms with Gasteiger partial charge in [0.05, 0.1) is 10.6 Å². The first-order valence-electron chi connectivity index (χ1n) is 7.20. The second kappa shape index (κ2) is 7.12. The number of nitro benzene ring substituents is 1. The number of hydrogen-bond acceptors (Lipinski definition) is 6. The molecular weight excluding hydrogens is 338 g/mol. The van der Waals surface area contributed by atoms with Crippen molar-refractivity contribution in [3.63, 3.8) is 0 Å². The van der Waals surface area contributed by atoms with Gasteiger partial charge in [0.25, 0.3) is 5.69 Å². The minimum atomic E-state index is -3.05. The van der Waals surface area contributed by atoms with Gasteiger partial charge >= 0.3 is 6.61 Å². The number of ether oxygens (including phenoxy) is 3. The fourth-order valence-corrected chi connectivity index (χ4v) is 2.21. The molecule has 3 rings (SSSR count). The second-order valence-electron chi connectivity index (χ2n) is 4.94. The molecule has 0 saturated heterocycles. The van der Waals surface area contributed by atoms with E-state index in [1.54, 1.807) is 18.2 Å². The summed E-state index contributed by atoms with van der Waals surface area (Å²) < 4.78 is 40.1. The summed E-state index contributed by atoms with van der Waals surface area (Å²) in [7, 11) is 0. The molecular formula is C16H12F2N2O5. The number of aliphatic imine (C=N–C) groups is 1. The topological polar surface area (TPSA) is 83.2 Å². The van der Waals surface area contributed by atoms with Gasteiger partial charge in [0.15, 0.2) is 11.5 Å². The molecule has 0 aliphatic carbocycles. The summed E-state index contributed by atoms with van der Waals surface area (Å²) in [4.78, 5) is 14.4. The van der Waals surface area contributed by atoms with Crippen molar-refractivity contribution in [1.29, 1.82) is 0 Å². The molecule has 9 heteroatoms. The van der Waals surface area contributed by atoms with E-state index in [2.05, 4.69) is 9.73 Å². The molecule has 0 unspecified atom stereocenters. The fraction of sp³-hybridized carbons (Fsp3) is 0.188. The number of alkyl halides is 2. The van der Waals surface area contributed by atoms with E-state index in [1.807, 2.05) is 0 Å². The predicted octanol–water partition coefficient (Wildman–Crippen LogP) is 3.72. The third-order valence-corrected chi connectivity index (χ3v) is 3.30. The Bertz CT molecular complexity index is 826. The van der Waals surface area contributed by atoms with Gasteiger partial charge in [-0.3, -0.25) is 15.1 Å². The lowest BCUT2D eigenvalue weighted by Crippen LogP contribution is -2.14. The summed E-state index contributed by atoms with van der Waals surface area (Å²) in [6, 6.07) is 8.24. The van der Waals surface area contributed by atoms with E-state index in [4.69, 9.17) is 9.47 Å². The molecule has 1 aliphatic rings. The van der Waals surface area contributed by atoms with Gasteiger partial charge in [-0.2, -0.15) is 8.78 Å². The molecule has 2 aromatic rings. The largest absolute Gasteiger partial charge is 0.486 e. The van der Waals surface area contributed by atoms with Gasteiger partial charge in [0.2, 0.25) is 0 Å². The van der Waals surface area contributed by atoms with Gasteiger partial charge in [-0.15, -0.1) is 0 Å². The molecule has 0 saturated carbocycles. The van der Waals surface area contributed by atoms with Crippen LogP contribution in [0.5, 0.6) is 17.2 Å². The van der Waals surface area contributed by atoms with Crippen LogP contribution in [0.2, 0.25) is 0 Å². The van der Waals surface area contributed by atoms with Crippen LogP contribution in [0, 0.1) is 10.1 Å². The fourth-order valence-electron chi connectivity index (χ4n) is 2.21. The average molecular weight is 350 g/mol. The standard InChI is InChI=1S/C16H12F2N2O5/c17-16(18)25-13-4-2-12(20(21)22)7-10(13)9-19-11-1-3-14-15(8-11)24-6-5-23-14/h1-4,7-9,16H,5-6H2. The first kappa shape index (κ1) is 16.6. The van der Waals surface area contributed by atoms with Crippen molar-refractivity contribution >= 4 is 17.6 Å². The molecule has 0 spiro atoms. The summed E-state index contributed by atoms with van der Waals surface area (Å²) in [6.45, 7) is -2.18. The SMILES string of the molecule is O=[N+]([O-])c1ccc(OC(F)F)c(C=Nc2ccc3c(c2)OCCO3)c1. The van der Waals surface area contributed by atoms with E-state index in [-0.39, 0.29) is 17.0 Å². The number of fused-ring (bicyclic) bond motifs is 1. The monoisotopic (exact) mass is 350 g/mol. The molecule has 25 heavy (non-hydrogen) atoms. The van der Waals surface area contributed by atoms with Crippen molar-refractivity contribution in [2.24, 2.45) is 4.99 Å². The van der Waals surface area contributed by atoms with Crippen molar-refractivity contribution in [1.82, 2.24) is 0 Å². The van der Waals surface area contributed by atoms with Crippen LogP contribution in [0.1, 0.15) is 5.56 Å². The Balaban J connectivity index is 1.91. The number of halogens is 2. The zero-order valence-corrected chi connectivity index (χ0v) is 12.7. The molecule has 130 valence electrons. The minimum absolute atomic E-state index is 0.0596. The molecule has 0 fully saturated rings. The smallest absolute Gasteiger partial charge is 0.387 e. The van der Waals surface area contributed by atoms with Crippen LogP contribution in [0.25, 0.3) is 0 Å². The quantitative estimate of drug-likeness (QED) is 0.466. The first-order valence-corrected chi connectivity index (χ1v) is 7.20. The number of benzene rings is 2. The van der Waals surface area contributed by atoms with Crippen molar-refractivity contribution in [2.75, 3.05) is 13.2 Å². The maximum absolute atomic E-state index is 12.5. The van der Waals surface area contributed by atoms with Crippen molar-refractivity contribution in [3.05, 3.63) is 52.1 Å². The van der Waals surface area contributed by atoms with E-state index in [0.29, 0.717) is 30.4 Å². The van der Waals surface area contributed by atoms with Crippen LogP contribution in [0.15, 0.2) is 41.4 Å².